The summed E-state index contributed by atoms with van der Waals surface area (Å²) in [6, 6.07) is 10.2. The monoisotopic (exact) mass is 528 g/mol. The zero-order valence-corrected chi connectivity index (χ0v) is 20.6. The zero-order valence-electron chi connectivity index (χ0n) is 18.2. The van der Waals surface area contributed by atoms with Crippen LogP contribution in [0.1, 0.15) is 38.5 Å². The number of rotatable bonds is 5. The number of likely N-dealkylation sites (tertiary alicyclic amines) is 2. The molecule has 3 aliphatic heterocycles. The fraction of sp³-hybridized carbons (Fsp3) is 0.696. The van der Waals surface area contributed by atoms with Crippen molar-refractivity contribution in [3.63, 3.8) is 0 Å². The number of halogens is 1. The van der Waals surface area contributed by atoms with E-state index in [0.717, 1.165) is 70.2 Å². The van der Waals surface area contributed by atoms with E-state index in [9.17, 15) is 0 Å². The standard InChI is InChI=1S/C23H36N4O2.HI/c1-24-22(25-19-23(11-17-28-18-12-23)27-13-5-6-14-27)26-15-9-21(10-16-26)29-20-7-3-2-4-8-20;/h2-4,7-8,21H,5-6,9-19H2,1H3,(H,24,25);1H. The Morgan fingerprint density at radius 2 is 1.77 bits per heavy atom. The molecule has 7 heteroatoms. The third-order valence-electron chi connectivity index (χ3n) is 6.78. The number of nitrogens with zero attached hydrogens (tertiary/aromatic N) is 3. The van der Waals surface area contributed by atoms with Gasteiger partial charge in [-0.25, -0.2) is 0 Å². The lowest BCUT2D eigenvalue weighted by Gasteiger charge is -2.45. The summed E-state index contributed by atoms with van der Waals surface area (Å²) in [6.07, 6.45) is 7.23. The maximum atomic E-state index is 6.15. The van der Waals surface area contributed by atoms with Crippen molar-refractivity contribution in [2.75, 3.05) is 53.0 Å². The summed E-state index contributed by atoms with van der Waals surface area (Å²) < 4.78 is 11.8. The van der Waals surface area contributed by atoms with Crippen LogP contribution in [0.15, 0.2) is 35.3 Å². The number of hydrogen-bond acceptors (Lipinski definition) is 4. The minimum Gasteiger partial charge on any atom is -0.490 e. The average molecular weight is 528 g/mol. The number of piperidine rings is 1. The number of para-hydroxylation sites is 1. The lowest BCUT2D eigenvalue weighted by molar-refractivity contribution is -0.0167. The highest BCUT2D eigenvalue weighted by Gasteiger charge is 2.40. The number of nitrogens with one attached hydrogen (secondary N) is 1. The van der Waals surface area contributed by atoms with Crippen LogP contribution >= 0.6 is 24.0 Å². The van der Waals surface area contributed by atoms with Gasteiger partial charge in [0.2, 0.25) is 0 Å². The first-order chi connectivity index (χ1) is 14.3. The molecule has 0 amide bonds. The Kier molecular flexibility index (Phi) is 9.07. The molecule has 3 aliphatic rings. The molecule has 168 valence electrons. The number of benzene rings is 1. The normalized spacial score (nSPS) is 23.1. The van der Waals surface area contributed by atoms with Crippen molar-refractivity contribution in [3.05, 3.63) is 30.3 Å². The van der Waals surface area contributed by atoms with Crippen molar-refractivity contribution < 1.29 is 9.47 Å². The predicted octanol–water partition coefficient (Wildman–Crippen LogP) is 3.37. The Balaban J connectivity index is 0.00000256. The predicted molar refractivity (Wildman–Crippen MR) is 132 cm³/mol. The van der Waals surface area contributed by atoms with Gasteiger partial charge in [-0.1, -0.05) is 18.2 Å². The maximum Gasteiger partial charge on any atom is 0.193 e. The second-order valence-corrected chi connectivity index (χ2v) is 8.55. The van der Waals surface area contributed by atoms with Crippen molar-refractivity contribution >= 4 is 29.9 Å². The maximum absolute atomic E-state index is 6.15. The average Bonchev–Trinajstić information content (AvgIpc) is 3.32. The zero-order chi connectivity index (χ0) is 19.9. The number of guanidine groups is 1. The molecule has 0 aliphatic carbocycles. The molecule has 1 N–H and O–H groups in total. The first-order valence-electron chi connectivity index (χ1n) is 11.3. The third kappa shape index (κ3) is 5.79. The molecule has 1 aromatic rings. The smallest absolute Gasteiger partial charge is 0.193 e. The molecule has 0 radical (unpaired) electrons. The van der Waals surface area contributed by atoms with Crippen molar-refractivity contribution in [2.45, 2.75) is 50.2 Å². The van der Waals surface area contributed by atoms with Gasteiger partial charge >= 0.3 is 0 Å². The number of aliphatic imine (C=N–C) groups is 1. The molecule has 1 aromatic carbocycles. The highest BCUT2D eigenvalue weighted by atomic mass is 127. The summed E-state index contributed by atoms with van der Waals surface area (Å²) in [5, 5.41) is 3.73. The lowest BCUT2D eigenvalue weighted by Crippen LogP contribution is -2.59. The molecule has 6 nitrogen and oxygen atoms in total. The molecule has 0 atom stereocenters. The molecule has 3 fully saturated rings. The van der Waals surface area contributed by atoms with Crippen LogP contribution in [0.5, 0.6) is 5.75 Å². The van der Waals surface area contributed by atoms with Gasteiger partial charge in [-0.05, 0) is 50.9 Å². The van der Waals surface area contributed by atoms with Crippen LogP contribution in [0.2, 0.25) is 0 Å². The largest absolute Gasteiger partial charge is 0.490 e. The highest BCUT2D eigenvalue weighted by molar-refractivity contribution is 14.0. The van der Waals surface area contributed by atoms with Crippen LogP contribution in [-0.4, -0.2) is 80.4 Å². The summed E-state index contributed by atoms with van der Waals surface area (Å²) in [7, 11) is 1.90. The minimum absolute atomic E-state index is 0. The van der Waals surface area contributed by atoms with Gasteiger partial charge in [-0.3, -0.25) is 9.89 Å². The molecule has 30 heavy (non-hydrogen) atoms. The van der Waals surface area contributed by atoms with Gasteiger partial charge < -0.3 is 19.7 Å². The molecule has 0 bridgehead atoms. The van der Waals surface area contributed by atoms with E-state index in [1.54, 1.807) is 0 Å². The van der Waals surface area contributed by atoms with E-state index in [1.807, 2.05) is 37.4 Å². The van der Waals surface area contributed by atoms with E-state index >= 15 is 0 Å². The Bertz CT molecular complexity index is 652. The van der Waals surface area contributed by atoms with Gasteiger partial charge in [-0.15, -0.1) is 24.0 Å². The topological polar surface area (TPSA) is 49.3 Å². The Morgan fingerprint density at radius 1 is 1.10 bits per heavy atom. The minimum atomic E-state index is 0. The molecular weight excluding hydrogens is 491 g/mol. The summed E-state index contributed by atoms with van der Waals surface area (Å²) in [5.41, 5.74) is 0.222. The van der Waals surface area contributed by atoms with E-state index < -0.39 is 0 Å². The number of ether oxygens (including phenoxy) is 2. The van der Waals surface area contributed by atoms with Gasteiger partial charge in [0.25, 0.3) is 0 Å². The van der Waals surface area contributed by atoms with Gasteiger partial charge in [0.1, 0.15) is 11.9 Å². The SMILES string of the molecule is CN=C(NCC1(N2CCCC2)CCOCC1)N1CCC(Oc2ccccc2)CC1.I. The summed E-state index contributed by atoms with van der Waals surface area (Å²) in [4.78, 5) is 9.70. The van der Waals surface area contributed by atoms with E-state index in [1.165, 1.54) is 25.9 Å². The highest BCUT2D eigenvalue weighted by Crippen LogP contribution is 2.31. The van der Waals surface area contributed by atoms with Crippen molar-refractivity contribution in [1.29, 1.82) is 0 Å². The quantitative estimate of drug-likeness (QED) is 0.361. The summed E-state index contributed by atoms with van der Waals surface area (Å²) in [5.74, 6) is 2.01. The third-order valence-corrected chi connectivity index (χ3v) is 6.78. The summed E-state index contributed by atoms with van der Waals surface area (Å²) in [6.45, 7) is 7.13. The second kappa shape index (κ2) is 11.5. The van der Waals surface area contributed by atoms with Crippen LogP contribution in [-0.2, 0) is 4.74 Å². The Morgan fingerprint density at radius 3 is 2.40 bits per heavy atom. The Hall–Kier alpha value is -1.06. The van der Waals surface area contributed by atoms with Crippen LogP contribution in [0, 0.1) is 0 Å². The van der Waals surface area contributed by atoms with Crippen molar-refractivity contribution in [1.82, 2.24) is 15.1 Å². The summed E-state index contributed by atoms with van der Waals surface area (Å²) >= 11 is 0. The fourth-order valence-corrected chi connectivity index (χ4v) is 5.00. The van der Waals surface area contributed by atoms with Crippen LogP contribution in [0.25, 0.3) is 0 Å². The second-order valence-electron chi connectivity index (χ2n) is 8.55. The van der Waals surface area contributed by atoms with Gasteiger partial charge in [0, 0.05) is 58.3 Å². The first-order valence-corrected chi connectivity index (χ1v) is 11.3. The molecule has 0 aromatic heterocycles. The van der Waals surface area contributed by atoms with Gasteiger partial charge in [-0.2, -0.15) is 0 Å². The van der Waals surface area contributed by atoms with Crippen LogP contribution < -0.4 is 10.1 Å². The molecular formula is C23H37IN4O2. The molecule has 0 saturated carbocycles. The Labute approximate surface area is 198 Å². The van der Waals surface area contributed by atoms with Crippen molar-refractivity contribution in [2.24, 2.45) is 4.99 Å². The van der Waals surface area contributed by atoms with E-state index in [4.69, 9.17) is 9.47 Å². The van der Waals surface area contributed by atoms with E-state index in [0.29, 0.717) is 0 Å². The lowest BCUT2D eigenvalue weighted by atomic mass is 9.88. The molecule has 4 rings (SSSR count). The van der Waals surface area contributed by atoms with Crippen LogP contribution in [0.4, 0.5) is 0 Å². The molecule has 3 heterocycles. The number of hydrogen-bond donors (Lipinski definition) is 1. The van der Waals surface area contributed by atoms with Gasteiger partial charge in [0.05, 0.1) is 0 Å². The van der Waals surface area contributed by atoms with E-state index in [-0.39, 0.29) is 35.6 Å². The molecule has 3 saturated heterocycles. The fourth-order valence-electron chi connectivity index (χ4n) is 5.00. The van der Waals surface area contributed by atoms with Crippen molar-refractivity contribution in [3.8, 4) is 5.75 Å². The van der Waals surface area contributed by atoms with Crippen LogP contribution in [0.3, 0.4) is 0 Å². The first kappa shape index (κ1) is 23.6. The molecule has 0 unspecified atom stereocenters. The van der Waals surface area contributed by atoms with E-state index in [2.05, 4.69) is 20.1 Å². The molecule has 0 spiro atoms. The van der Waals surface area contributed by atoms with Gasteiger partial charge in [0.15, 0.2) is 5.96 Å².